The number of rotatable bonds is 3. The van der Waals surface area contributed by atoms with Crippen LogP contribution in [0.5, 0.6) is 0 Å². The average molecular weight is 165 g/mol. The van der Waals surface area contributed by atoms with Gasteiger partial charge in [0.05, 0.1) is 24.4 Å². The molecule has 0 aromatic carbocycles. The van der Waals surface area contributed by atoms with Gasteiger partial charge >= 0.3 is 0 Å². The Balaban J connectivity index is 2.84. The fraction of sp³-hybridized carbons (Fsp3) is 0.286. The van der Waals surface area contributed by atoms with Crippen molar-refractivity contribution in [3.05, 3.63) is 18.1 Å². The number of hydrogen-bond acceptors (Lipinski definition) is 4. The summed E-state index contributed by atoms with van der Waals surface area (Å²) in [5.74, 6) is 0.641. The van der Waals surface area contributed by atoms with Gasteiger partial charge in [0.15, 0.2) is 5.82 Å². The molecule has 0 saturated heterocycles. The molecule has 0 aliphatic carbocycles. The summed E-state index contributed by atoms with van der Waals surface area (Å²) in [5, 5.41) is 6.95. The van der Waals surface area contributed by atoms with Crippen molar-refractivity contribution in [3.8, 4) is 0 Å². The highest BCUT2D eigenvalue weighted by Gasteiger charge is 1.98. The fourth-order valence-electron chi connectivity index (χ4n) is 0.702. The molecule has 0 saturated carbocycles. The van der Waals surface area contributed by atoms with E-state index in [1.807, 2.05) is 0 Å². The summed E-state index contributed by atoms with van der Waals surface area (Å²) >= 11 is 0. The summed E-state index contributed by atoms with van der Waals surface area (Å²) < 4.78 is 0. The Bertz CT molecular complexity index is 255. The number of nitrogens with zero attached hydrogens (tertiary/aromatic N) is 3. The third-order valence-electron chi connectivity index (χ3n) is 1.46. The van der Waals surface area contributed by atoms with Crippen molar-refractivity contribution < 1.29 is 0 Å². The lowest BCUT2D eigenvalue weighted by atomic mass is 10.4. The molecular weight excluding hydrogens is 154 g/mol. The van der Waals surface area contributed by atoms with Crippen molar-refractivity contribution in [2.75, 3.05) is 11.9 Å². The Morgan fingerprint density at radius 1 is 1.58 bits per heavy atom. The van der Waals surface area contributed by atoms with Crippen LogP contribution in [0.2, 0.25) is 0 Å². The lowest BCUT2D eigenvalue weighted by Crippen LogP contribution is -2.15. The molecule has 64 valence electrons. The summed E-state index contributed by atoms with van der Waals surface area (Å²) in [6, 6.07) is 0. The lowest BCUT2D eigenvalue weighted by Gasteiger charge is -2.09. The molecule has 5 nitrogen and oxygen atoms in total. The van der Waals surface area contributed by atoms with Crippen molar-refractivity contribution in [3.63, 3.8) is 0 Å². The first-order chi connectivity index (χ1) is 5.77. The average Bonchev–Trinajstić information content (AvgIpc) is 2.17. The zero-order valence-electron chi connectivity index (χ0n) is 6.86. The third kappa shape index (κ3) is 1.76. The van der Waals surface area contributed by atoms with Crippen molar-refractivity contribution in [2.45, 2.75) is 6.54 Å². The second kappa shape index (κ2) is 3.77. The second-order valence-corrected chi connectivity index (χ2v) is 2.31. The highest BCUT2D eigenvalue weighted by molar-refractivity contribution is 5.73. The zero-order chi connectivity index (χ0) is 8.97. The van der Waals surface area contributed by atoms with E-state index in [0.29, 0.717) is 12.4 Å². The van der Waals surface area contributed by atoms with Gasteiger partial charge in [0.1, 0.15) is 0 Å². The maximum atomic E-state index is 6.95. The van der Waals surface area contributed by atoms with Crippen molar-refractivity contribution >= 4 is 12.2 Å². The molecule has 0 fully saturated rings. The van der Waals surface area contributed by atoms with Crippen LogP contribution < -0.4 is 10.6 Å². The number of nitrogens with two attached hydrogens (primary N) is 1. The molecule has 0 radical (unpaired) electrons. The molecule has 0 atom stereocenters. The normalized spacial score (nSPS) is 9.50. The summed E-state index contributed by atoms with van der Waals surface area (Å²) in [6.45, 7) is 0.390. The number of nitrogens with one attached hydrogen (secondary N) is 1. The minimum atomic E-state index is 0.390. The minimum Gasteiger partial charge on any atom is -0.325 e. The van der Waals surface area contributed by atoms with Gasteiger partial charge in [-0.1, -0.05) is 0 Å². The van der Waals surface area contributed by atoms with Gasteiger partial charge in [-0.2, -0.15) is 0 Å². The summed E-state index contributed by atoms with van der Waals surface area (Å²) in [5.41, 5.74) is 6.09. The summed E-state index contributed by atoms with van der Waals surface area (Å²) in [4.78, 5) is 9.65. The fourth-order valence-corrected chi connectivity index (χ4v) is 0.702. The first-order valence-corrected chi connectivity index (χ1v) is 3.52. The van der Waals surface area contributed by atoms with Crippen LogP contribution in [-0.4, -0.2) is 23.4 Å². The highest BCUT2D eigenvalue weighted by atomic mass is 15.2. The first-order valence-electron chi connectivity index (χ1n) is 3.52. The molecule has 0 spiro atoms. The molecule has 0 amide bonds. The van der Waals surface area contributed by atoms with Gasteiger partial charge < -0.3 is 10.6 Å². The van der Waals surface area contributed by atoms with E-state index in [1.54, 1.807) is 24.3 Å². The predicted molar refractivity (Wildman–Crippen MR) is 47.1 cm³/mol. The third-order valence-corrected chi connectivity index (χ3v) is 1.46. The summed E-state index contributed by atoms with van der Waals surface area (Å²) in [7, 11) is 1.74. The van der Waals surface area contributed by atoms with Crippen molar-refractivity contribution in [1.82, 2.24) is 9.97 Å². The Kier molecular flexibility index (Phi) is 2.71. The van der Waals surface area contributed by atoms with Crippen LogP contribution >= 0.6 is 0 Å². The van der Waals surface area contributed by atoms with Crippen molar-refractivity contribution in [1.29, 1.82) is 5.41 Å². The Morgan fingerprint density at radius 3 is 2.75 bits per heavy atom. The monoisotopic (exact) mass is 165 g/mol. The van der Waals surface area contributed by atoms with E-state index in [-0.39, 0.29) is 0 Å². The van der Waals surface area contributed by atoms with Gasteiger partial charge in [-0.3, -0.25) is 10.4 Å². The van der Waals surface area contributed by atoms with E-state index in [0.717, 1.165) is 5.69 Å². The van der Waals surface area contributed by atoms with Crippen LogP contribution in [0.4, 0.5) is 5.82 Å². The number of aromatic nitrogens is 2. The first kappa shape index (κ1) is 8.61. The molecule has 1 aromatic rings. The molecule has 5 heteroatoms. The molecule has 0 aliphatic rings. The van der Waals surface area contributed by atoms with Crippen LogP contribution in [0.3, 0.4) is 0 Å². The highest BCUT2D eigenvalue weighted by Crippen LogP contribution is 2.03. The maximum absolute atomic E-state index is 6.95. The van der Waals surface area contributed by atoms with Crippen molar-refractivity contribution in [2.24, 2.45) is 5.73 Å². The Hall–Kier alpha value is -1.49. The molecule has 12 heavy (non-hydrogen) atoms. The quantitative estimate of drug-likeness (QED) is 0.487. The SMILES string of the molecule is CN(C=N)c1cnc(CN)cn1. The smallest absolute Gasteiger partial charge is 0.151 e. The van der Waals surface area contributed by atoms with Gasteiger partial charge in [0.2, 0.25) is 0 Å². The Morgan fingerprint density at radius 2 is 2.33 bits per heavy atom. The second-order valence-electron chi connectivity index (χ2n) is 2.31. The van der Waals surface area contributed by atoms with E-state index < -0.39 is 0 Å². The molecule has 1 aromatic heterocycles. The van der Waals surface area contributed by atoms with Gasteiger partial charge in [0.25, 0.3) is 0 Å². The largest absolute Gasteiger partial charge is 0.325 e. The molecule has 0 bridgehead atoms. The molecule has 1 rings (SSSR count). The molecule has 3 N–H and O–H groups in total. The van der Waals surface area contributed by atoms with E-state index >= 15 is 0 Å². The molecular formula is C7H11N5. The summed E-state index contributed by atoms with van der Waals surface area (Å²) in [6.07, 6.45) is 4.37. The van der Waals surface area contributed by atoms with Gasteiger partial charge in [-0.15, -0.1) is 0 Å². The molecule has 1 heterocycles. The molecule has 0 aliphatic heterocycles. The molecule has 0 unspecified atom stereocenters. The van der Waals surface area contributed by atoms with E-state index in [2.05, 4.69) is 9.97 Å². The van der Waals surface area contributed by atoms with Crippen LogP contribution in [0.25, 0.3) is 0 Å². The number of anilines is 1. The van der Waals surface area contributed by atoms with Crippen LogP contribution in [0.15, 0.2) is 12.4 Å². The van der Waals surface area contributed by atoms with Crippen LogP contribution in [-0.2, 0) is 6.54 Å². The van der Waals surface area contributed by atoms with E-state index in [4.69, 9.17) is 11.1 Å². The Labute approximate surface area is 70.8 Å². The minimum absolute atomic E-state index is 0.390. The van der Waals surface area contributed by atoms with Gasteiger partial charge in [-0.25, -0.2) is 4.98 Å². The van der Waals surface area contributed by atoms with E-state index in [1.165, 1.54) is 6.34 Å². The van der Waals surface area contributed by atoms with Crippen LogP contribution in [0.1, 0.15) is 5.69 Å². The lowest BCUT2D eigenvalue weighted by molar-refractivity contribution is 0.956. The standard InChI is InChI=1S/C7H11N5/c1-12(5-9)7-4-10-6(2-8)3-11-7/h3-5,9H,2,8H2,1H3. The van der Waals surface area contributed by atoms with Crippen LogP contribution in [0, 0.1) is 5.41 Å². The maximum Gasteiger partial charge on any atom is 0.151 e. The zero-order valence-corrected chi connectivity index (χ0v) is 6.86. The number of hydrogen-bond donors (Lipinski definition) is 2. The predicted octanol–water partition coefficient (Wildman–Crippen LogP) is -0.0214. The van der Waals surface area contributed by atoms with Gasteiger partial charge in [0, 0.05) is 13.6 Å². The van der Waals surface area contributed by atoms with E-state index in [9.17, 15) is 0 Å². The topological polar surface area (TPSA) is 78.9 Å². The van der Waals surface area contributed by atoms with Gasteiger partial charge in [-0.05, 0) is 0 Å².